The van der Waals surface area contributed by atoms with E-state index < -0.39 is 7.12 Å². The SMILES string of the molecule is OB(O)c1c#cncc1. The lowest BCUT2D eigenvalue weighted by Crippen LogP contribution is -2.28. The molecule has 0 unspecified atom stereocenters. The molecule has 0 saturated carbocycles. The minimum absolute atomic E-state index is 0.282. The van der Waals surface area contributed by atoms with Crippen LogP contribution < -0.4 is 5.46 Å². The average Bonchev–Trinajstić information content (AvgIpc) is 1.90. The maximum absolute atomic E-state index is 8.50. The van der Waals surface area contributed by atoms with Gasteiger partial charge in [-0.05, 0) is 6.07 Å². The van der Waals surface area contributed by atoms with Crippen LogP contribution in [0.3, 0.4) is 0 Å². The predicted molar refractivity (Wildman–Crippen MR) is 31.7 cm³/mol. The summed E-state index contributed by atoms with van der Waals surface area (Å²) in [4.78, 5) is 3.52. The highest BCUT2D eigenvalue weighted by Gasteiger charge is 2.08. The summed E-state index contributed by atoms with van der Waals surface area (Å²) >= 11 is 0. The first-order valence-corrected chi connectivity index (χ1v) is 2.41. The molecule has 0 atom stereocenters. The van der Waals surface area contributed by atoms with Crippen molar-refractivity contribution in [3.05, 3.63) is 24.5 Å². The van der Waals surface area contributed by atoms with Crippen LogP contribution in [0.2, 0.25) is 0 Å². The van der Waals surface area contributed by atoms with Gasteiger partial charge in [0.05, 0.1) is 0 Å². The number of hydrogen-bond acceptors (Lipinski definition) is 3. The van der Waals surface area contributed by atoms with E-state index in [2.05, 4.69) is 17.2 Å². The fraction of sp³-hybridized carbons (Fsp3) is 0. The molecule has 0 fully saturated rings. The highest BCUT2D eigenvalue weighted by molar-refractivity contribution is 6.58. The summed E-state index contributed by atoms with van der Waals surface area (Å²) in [5.41, 5.74) is 0.282. The molecule has 0 aliphatic heterocycles. The molecule has 2 N–H and O–H groups in total. The van der Waals surface area contributed by atoms with Crippen LogP contribution in [0.5, 0.6) is 0 Å². The second-order valence-corrected chi connectivity index (χ2v) is 1.51. The Morgan fingerprint density at radius 2 is 2.33 bits per heavy atom. The van der Waals surface area contributed by atoms with Crippen LogP contribution >= 0.6 is 0 Å². The standard InChI is InChI=1S/C5H4BNO2/c8-6(9)5-1-3-7-4-2-5/h1,3,8-9H. The van der Waals surface area contributed by atoms with Crippen LogP contribution in [-0.4, -0.2) is 22.2 Å². The van der Waals surface area contributed by atoms with Gasteiger partial charge < -0.3 is 10.0 Å². The molecule has 1 rings (SSSR count). The minimum atomic E-state index is -1.47. The summed E-state index contributed by atoms with van der Waals surface area (Å²) < 4.78 is 0. The largest absolute Gasteiger partial charge is 0.497 e. The summed E-state index contributed by atoms with van der Waals surface area (Å²) in [7, 11) is -1.47. The Bertz CT molecular complexity index is 178. The van der Waals surface area contributed by atoms with Crippen LogP contribution in [0.25, 0.3) is 0 Å². The highest BCUT2D eigenvalue weighted by atomic mass is 16.4. The van der Waals surface area contributed by atoms with E-state index in [-0.39, 0.29) is 5.46 Å². The molecule has 1 heterocycles. The van der Waals surface area contributed by atoms with Crippen molar-refractivity contribution < 1.29 is 10.0 Å². The van der Waals surface area contributed by atoms with Gasteiger partial charge in [0.1, 0.15) is 0 Å². The summed E-state index contributed by atoms with van der Waals surface area (Å²) in [5.74, 6) is 0. The van der Waals surface area contributed by atoms with E-state index in [9.17, 15) is 0 Å². The first kappa shape index (κ1) is 6.08. The van der Waals surface area contributed by atoms with Crippen molar-refractivity contribution in [3.8, 4) is 0 Å². The van der Waals surface area contributed by atoms with Crippen LogP contribution in [0.15, 0.2) is 12.3 Å². The van der Waals surface area contributed by atoms with E-state index in [1.165, 1.54) is 12.3 Å². The lowest BCUT2D eigenvalue weighted by Gasteiger charge is -1.89. The van der Waals surface area contributed by atoms with E-state index in [1.54, 1.807) is 0 Å². The van der Waals surface area contributed by atoms with Crippen molar-refractivity contribution in [3.63, 3.8) is 0 Å². The van der Waals surface area contributed by atoms with Crippen molar-refractivity contribution in [1.29, 1.82) is 0 Å². The van der Waals surface area contributed by atoms with Crippen LogP contribution in [0.1, 0.15) is 0 Å². The van der Waals surface area contributed by atoms with Gasteiger partial charge in [-0.25, -0.2) is 4.98 Å². The summed E-state index contributed by atoms with van der Waals surface area (Å²) in [6, 6.07) is 3.89. The van der Waals surface area contributed by atoms with Crippen molar-refractivity contribution in [1.82, 2.24) is 4.98 Å². The Labute approximate surface area is 53.1 Å². The first-order chi connectivity index (χ1) is 4.30. The van der Waals surface area contributed by atoms with Crippen LogP contribution in [-0.2, 0) is 0 Å². The van der Waals surface area contributed by atoms with E-state index in [4.69, 9.17) is 10.0 Å². The van der Waals surface area contributed by atoms with Crippen molar-refractivity contribution in [2.45, 2.75) is 0 Å². The van der Waals surface area contributed by atoms with Gasteiger partial charge in [-0.3, -0.25) is 0 Å². The van der Waals surface area contributed by atoms with Gasteiger partial charge in [-0.1, -0.05) is 6.07 Å². The molecular weight excluding hydrogens is 117 g/mol. The molecule has 0 aromatic carbocycles. The van der Waals surface area contributed by atoms with Crippen molar-refractivity contribution >= 4 is 12.6 Å². The molecule has 9 heavy (non-hydrogen) atoms. The van der Waals surface area contributed by atoms with Crippen LogP contribution in [0.4, 0.5) is 0 Å². The molecule has 3 nitrogen and oxygen atoms in total. The summed E-state index contributed by atoms with van der Waals surface area (Å²) in [6.07, 6.45) is 3.77. The van der Waals surface area contributed by atoms with Gasteiger partial charge in [-0.2, -0.15) is 0 Å². The van der Waals surface area contributed by atoms with Gasteiger partial charge >= 0.3 is 7.12 Å². The number of aromatic nitrogens is 1. The monoisotopic (exact) mass is 121 g/mol. The molecular formula is C5H4BNO2. The normalized spacial score (nSPS) is 8.22. The van der Waals surface area contributed by atoms with E-state index >= 15 is 0 Å². The van der Waals surface area contributed by atoms with Crippen molar-refractivity contribution in [2.75, 3.05) is 0 Å². The van der Waals surface area contributed by atoms with E-state index in [0.717, 1.165) is 0 Å². The topological polar surface area (TPSA) is 53.4 Å². The Kier molecular flexibility index (Phi) is 1.68. The molecule has 44 valence electrons. The van der Waals surface area contributed by atoms with Crippen LogP contribution in [0, 0.1) is 12.3 Å². The Balaban J connectivity index is 2.85. The lowest BCUT2D eigenvalue weighted by molar-refractivity contribution is 0.426. The molecule has 4 heteroatoms. The highest BCUT2D eigenvalue weighted by Crippen LogP contribution is 1.71. The minimum Gasteiger partial charge on any atom is -0.423 e. The molecule has 0 aliphatic rings. The smallest absolute Gasteiger partial charge is 0.423 e. The van der Waals surface area contributed by atoms with Gasteiger partial charge in [-0.15, -0.1) is 0 Å². The first-order valence-electron chi connectivity index (χ1n) is 2.41. The molecule has 0 saturated heterocycles. The molecule has 1 aromatic rings. The molecule has 1 aromatic heterocycles. The Morgan fingerprint density at radius 1 is 1.56 bits per heavy atom. The van der Waals surface area contributed by atoms with Crippen molar-refractivity contribution in [2.24, 2.45) is 0 Å². The number of rotatable bonds is 1. The molecule has 0 aliphatic carbocycles. The summed E-state index contributed by atoms with van der Waals surface area (Å²) in [5, 5.41) is 17.0. The maximum atomic E-state index is 8.50. The van der Waals surface area contributed by atoms with Gasteiger partial charge in [0, 0.05) is 17.9 Å². The molecule has 0 spiro atoms. The summed E-state index contributed by atoms with van der Waals surface area (Å²) in [6.45, 7) is 0. The number of hydrogen-bond donors (Lipinski definition) is 2. The lowest BCUT2D eigenvalue weighted by atomic mass is 9.82. The van der Waals surface area contributed by atoms with Gasteiger partial charge in [0.25, 0.3) is 0 Å². The fourth-order valence-electron chi connectivity index (χ4n) is 0.444. The molecule has 0 amide bonds. The molecule has 0 radical (unpaired) electrons. The predicted octanol–water partition coefficient (Wildman–Crippen LogP) is -1.64. The van der Waals surface area contributed by atoms with E-state index in [0.29, 0.717) is 0 Å². The quantitative estimate of drug-likeness (QED) is 0.438. The van der Waals surface area contributed by atoms with Gasteiger partial charge in [0.2, 0.25) is 0 Å². The third-order valence-electron chi connectivity index (χ3n) is 0.872. The second-order valence-electron chi connectivity index (χ2n) is 1.51. The third-order valence-corrected chi connectivity index (χ3v) is 0.872. The number of nitrogens with zero attached hydrogens (tertiary/aromatic N) is 1. The fourth-order valence-corrected chi connectivity index (χ4v) is 0.444. The zero-order valence-corrected chi connectivity index (χ0v) is 4.57. The maximum Gasteiger partial charge on any atom is 0.497 e. The Hall–Kier alpha value is -1.05. The third kappa shape index (κ3) is 1.42. The average molecular weight is 121 g/mol. The van der Waals surface area contributed by atoms with Gasteiger partial charge in [0.15, 0.2) is 0 Å². The zero-order chi connectivity index (χ0) is 6.69. The second kappa shape index (κ2) is 2.49. The Morgan fingerprint density at radius 3 is 2.67 bits per heavy atom. The molecule has 0 bridgehead atoms. The van der Waals surface area contributed by atoms with E-state index in [1.807, 2.05) is 0 Å². The zero-order valence-electron chi connectivity index (χ0n) is 4.57.